The highest BCUT2D eigenvalue weighted by molar-refractivity contribution is 5.76. The Balaban J connectivity index is 1.74. The second-order valence-electron chi connectivity index (χ2n) is 4.85. The van der Waals surface area contributed by atoms with E-state index in [1.54, 1.807) is 12.4 Å². The fourth-order valence-electron chi connectivity index (χ4n) is 2.35. The van der Waals surface area contributed by atoms with Crippen LogP contribution >= 0.6 is 0 Å². The molecule has 2 rings (SSSR count). The van der Waals surface area contributed by atoms with Crippen LogP contribution in [0.2, 0.25) is 0 Å². The summed E-state index contributed by atoms with van der Waals surface area (Å²) >= 11 is 0. The van der Waals surface area contributed by atoms with Crippen LogP contribution in [-0.4, -0.2) is 41.5 Å². The number of aromatic nitrogens is 1. The zero-order chi connectivity index (χ0) is 12.8. The number of amides is 1. The molecular weight excluding hydrogens is 226 g/mol. The predicted molar refractivity (Wildman–Crippen MR) is 71.2 cm³/mol. The van der Waals surface area contributed by atoms with E-state index in [0.29, 0.717) is 12.5 Å². The number of piperazine rings is 1. The summed E-state index contributed by atoms with van der Waals surface area (Å²) in [6, 6.07) is 4.35. The summed E-state index contributed by atoms with van der Waals surface area (Å²) in [7, 11) is 0. The van der Waals surface area contributed by atoms with Crippen LogP contribution in [0.3, 0.4) is 0 Å². The number of hydrogen-bond acceptors (Lipinski definition) is 3. The van der Waals surface area contributed by atoms with Crippen LogP contribution in [0.4, 0.5) is 0 Å². The number of rotatable bonds is 4. The zero-order valence-electron chi connectivity index (χ0n) is 10.9. The van der Waals surface area contributed by atoms with Gasteiger partial charge in [0, 0.05) is 44.5 Å². The molecule has 0 radical (unpaired) electrons. The molecule has 1 aromatic heterocycles. The lowest BCUT2D eigenvalue weighted by molar-refractivity contribution is -0.134. The summed E-state index contributed by atoms with van der Waals surface area (Å²) in [5.74, 6) is 0.290. The van der Waals surface area contributed by atoms with E-state index >= 15 is 0 Å². The molecule has 0 aliphatic carbocycles. The van der Waals surface area contributed by atoms with Gasteiger partial charge in [0.05, 0.1) is 0 Å². The Morgan fingerprint density at radius 2 is 2.28 bits per heavy atom. The molecule has 4 heteroatoms. The van der Waals surface area contributed by atoms with Crippen LogP contribution in [0.25, 0.3) is 0 Å². The molecule has 1 aromatic rings. The molecular formula is C14H21N3O. The number of aryl methyl sites for hydroxylation is 1. The van der Waals surface area contributed by atoms with Gasteiger partial charge in [-0.1, -0.05) is 0 Å². The molecule has 1 fully saturated rings. The van der Waals surface area contributed by atoms with Gasteiger partial charge in [-0.25, -0.2) is 0 Å². The fraction of sp³-hybridized carbons (Fsp3) is 0.571. The van der Waals surface area contributed by atoms with Gasteiger partial charge in [0.2, 0.25) is 5.91 Å². The average molecular weight is 247 g/mol. The molecule has 1 amide bonds. The van der Waals surface area contributed by atoms with Crippen molar-refractivity contribution in [3.8, 4) is 0 Å². The van der Waals surface area contributed by atoms with Gasteiger partial charge in [-0.15, -0.1) is 0 Å². The minimum atomic E-state index is 0.290. The Morgan fingerprint density at radius 3 is 3.00 bits per heavy atom. The number of nitrogens with zero attached hydrogens (tertiary/aromatic N) is 2. The second kappa shape index (κ2) is 6.50. The number of carbonyl (C=O) groups excluding carboxylic acids is 1. The van der Waals surface area contributed by atoms with Crippen molar-refractivity contribution in [1.82, 2.24) is 15.2 Å². The fourth-order valence-corrected chi connectivity index (χ4v) is 2.35. The number of hydrogen-bond donors (Lipinski definition) is 1. The molecule has 0 spiro atoms. The van der Waals surface area contributed by atoms with Crippen LogP contribution in [0.1, 0.15) is 25.3 Å². The van der Waals surface area contributed by atoms with Gasteiger partial charge in [-0.3, -0.25) is 9.78 Å². The summed E-state index contributed by atoms with van der Waals surface area (Å²) in [6.07, 6.45) is 6.12. The number of nitrogens with one attached hydrogen (secondary N) is 1. The Bertz CT molecular complexity index is 380. The largest absolute Gasteiger partial charge is 0.337 e. The van der Waals surface area contributed by atoms with E-state index in [4.69, 9.17) is 0 Å². The van der Waals surface area contributed by atoms with E-state index in [0.717, 1.165) is 32.5 Å². The van der Waals surface area contributed by atoms with Gasteiger partial charge in [-0.2, -0.15) is 0 Å². The molecule has 1 atom stereocenters. The Hall–Kier alpha value is -1.42. The minimum absolute atomic E-state index is 0.290. The normalized spacial score (nSPS) is 19.8. The van der Waals surface area contributed by atoms with E-state index in [1.807, 2.05) is 17.0 Å². The van der Waals surface area contributed by atoms with E-state index in [2.05, 4.69) is 17.2 Å². The lowest BCUT2D eigenvalue weighted by Crippen LogP contribution is -2.52. The molecule has 4 nitrogen and oxygen atoms in total. The first kappa shape index (κ1) is 13.0. The standard InChI is InChI=1S/C14H21N3O/c1-12-11-16-9-10-17(12)14(18)4-2-3-13-5-7-15-8-6-13/h5-8,12,16H,2-4,9-11H2,1H3. The van der Waals surface area contributed by atoms with Crippen molar-refractivity contribution in [1.29, 1.82) is 0 Å². The first-order chi connectivity index (χ1) is 8.77. The maximum absolute atomic E-state index is 12.1. The summed E-state index contributed by atoms with van der Waals surface area (Å²) in [5.41, 5.74) is 1.26. The van der Waals surface area contributed by atoms with Crippen molar-refractivity contribution >= 4 is 5.91 Å². The Kier molecular flexibility index (Phi) is 4.70. The number of pyridine rings is 1. The highest BCUT2D eigenvalue weighted by Gasteiger charge is 2.21. The third-order valence-corrected chi connectivity index (χ3v) is 3.43. The molecule has 0 aromatic carbocycles. The molecule has 1 unspecified atom stereocenters. The van der Waals surface area contributed by atoms with Crippen molar-refractivity contribution in [3.05, 3.63) is 30.1 Å². The highest BCUT2D eigenvalue weighted by atomic mass is 16.2. The van der Waals surface area contributed by atoms with Crippen molar-refractivity contribution in [2.75, 3.05) is 19.6 Å². The van der Waals surface area contributed by atoms with Gasteiger partial charge in [0.25, 0.3) is 0 Å². The van der Waals surface area contributed by atoms with Crippen molar-refractivity contribution in [3.63, 3.8) is 0 Å². The Labute approximate surface area is 108 Å². The lowest BCUT2D eigenvalue weighted by Gasteiger charge is -2.34. The number of carbonyl (C=O) groups is 1. The third-order valence-electron chi connectivity index (χ3n) is 3.43. The zero-order valence-corrected chi connectivity index (χ0v) is 10.9. The van der Waals surface area contributed by atoms with Crippen LogP contribution in [-0.2, 0) is 11.2 Å². The maximum atomic E-state index is 12.1. The second-order valence-corrected chi connectivity index (χ2v) is 4.85. The van der Waals surface area contributed by atoms with Crippen LogP contribution in [0, 0.1) is 0 Å². The smallest absolute Gasteiger partial charge is 0.222 e. The predicted octanol–water partition coefficient (Wildman–Crippen LogP) is 1.22. The SMILES string of the molecule is CC1CNCCN1C(=O)CCCc1ccncc1. The van der Waals surface area contributed by atoms with Crippen LogP contribution in [0.15, 0.2) is 24.5 Å². The minimum Gasteiger partial charge on any atom is -0.337 e. The van der Waals surface area contributed by atoms with E-state index in [1.165, 1.54) is 5.56 Å². The molecule has 18 heavy (non-hydrogen) atoms. The highest BCUT2D eigenvalue weighted by Crippen LogP contribution is 2.09. The third kappa shape index (κ3) is 3.53. The molecule has 98 valence electrons. The van der Waals surface area contributed by atoms with Gasteiger partial charge in [0.15, 0.2) is 0 Å². The molecule has 1 N–H and O–H groups in total. The van der Waals surface area contributed by atoms with Gasteiger partial charge < -0.3 is 10.2 Å². The lowest BCUT2D eigenvalue weighted by atomic mass is 10.1. The quantitative estimate of drug-likeness (QED) is 0.870. The summed E-state index contributed by atoms with van der Waals surface area (Å²) in [5, 5.41) is 3.30. The first-order valence-electron chi connectivity index (χ1n) is 6.66. The van der Waals surface area contributed by atoms with Gasteiger partial charge in [-0.05, 0) is 37.5 Å². The van der Waals surface area contributed by atoms with Gasteiger partial charge >= 0.3 is 0 Å². The first-order valence-corrected chi connectivity index (χ1v) is 6.66. The van der Waals surface area contributed by atoms with E-state index < -0.39 is 0 Å². The van der Waals surface area contributed by atoms with Crippen molar-refractivity contribution < 1.29 is 4.79 Å². The van der Waals surface area contributed by atoms with Crippen molar-refractivity contribution in [2.24, 2.45) is 0 Å². The average Bonchev–Trinajstić information content (AvgIpc) is 2.40. The van der Waals surface area contributed by atoms with Crippen molar-refractivity contribution in [2.45, 2.75) is 32.2 Å². The maximum Gasteiger partial charge on any atom is 0.222 e. The molecule has 0 saturated carbocycles. The van der Waals surface area contributed by atoms with Crippen LogP contribution in [0.5, 0.6) is 0 Å². The van der Waals surface area contributed by atoms with Gasteiger partial charge in [0.1, 0.15) is 0 Å². The monoisotopic (exact) mass is 247 g/mol. The molecule has 1 aliphatic rings. The van der Waals surface area contributed by atoms with Crippen LogP contribution < -0.4 is 5.32 Å². The molecule has 1 aliphatic heterocycles. The topological polar surface area (TPSA) is 45.2 Å². The van der Waals surface area contributed by atoms with E-state index in [9.17, 15) is 4.79 Å². The summed E-state index contributed by atoms with van der Waals surface area (Å²) in [4.78, 5) is 18.1. The Morgan fingerprint density at radius 1 is 1.50 bits per heavy atom. The van der Waals surface area contributed by atoms with E-state index in [-0.39, 0.29) is 5.91 Å². The molecule has 1 saturated heterocycles. The molecule has 0 bridgehead atoms. The molecule has 2 heterocycles. The summed E-state index contributed by atoms with van der Waals surface area (Å²) < 4.78 is 0. The summed E-state index contributed by atoms with van der Waals surface area (Å²) in [6.45, 7) is 4.78.